The predicted octanol–water partition coefficient (Wildman–Crippen LogP) is 4.29. The number of aryl methyl sites for hydroxylation is 2. The van der Waals surface area contributed by atoms with E-state index in [1.165, 1.54) is 0 Å². The van der Waals surface area contributed by atoms with Crippen LogP contribution >= 0.6 is 22.9 Å². The van der Waals surface area contributed by atoms with Crippen molar-refractivity contribution >= 4 is 28.8 Å². The van der Waals surface area contributed by atoms with Crippen molar-refractivity contribution in [1.82, 2.24) is 15.3 Å². The third kappa shape index (κ3) is 5.77. The van der Waals surface area contributed by atoms with E-state index in [9.17, 15) is 4.79 Å². The minimum atomic E-state index is -0.138. The van der Waals surface area contributed by atoms with E-state index < -0.39 is 0 Å². The number of nitrogens with one attached hydrogen (secondary N) is 1. The van der Waals surface area contributed by atoms with Gasteiger partial charge in [-0.05, 0) is 49.2 Å². The quantitative estimate of drug-likeness (QED) is 0.572. The molecule has 0 aliphatic carbocycles. The Labute approximate surface area is 167 Å². The number of hydrogen-bond acceptors (Lipinski definition) is 5. The molecule has 0 spiro atoms. The van der Waals surface area contributed by atoms with Gasteiger partial charge in [-0.2, -0.15) is 0 Å². The number of amides is 1. The van der Waals surface area contributed by atoms with E-state index in [0.717, 1.165) is 34.7 Å². The van der Waals surface area contributed by atoms with Gasteiger partial charge in [0.25, 0.3) is 5.91 Å². The maximum atomic E-state index is 11.9. The Bertz CT molecular complexity index is 899. The maximum absolute atomic E-state index is 11.9. The number of ether oxygens (including phenoxy) is 1. The number of halogens is 1. The van der Waals surface area contributed by atoms with Crippen molar-refractivity contribution in [2.24, 2.45) is 0 Å². The van der Waals surface area contributed by atoms with Crippen molar-refractivity contribution in [3.63, 3.8) is 0 Å². The first kappa shape index (κ1) is 19.3. The number of hydrogen-bond donors (Lipinski definition) is 1. The fourth-order valence-corrected chi connectivity index (χ4v) is 3.59. The van der Waals surface area contributed by atoms with E-state index in [-0.39, 0.29) is 12.5 Å². The van der Waals surface area contributed by atoms with Crippen molar-refractivity contribution in [3.05, 3.63) is 63.7 Å². The number of carbonyl (C=O) groups excluding carboxylic acids is 1. The number of benzene rings is 1. The lowest BCUT2D eigenvalue weighted by molar-refractivity contribution is -0.123. The molecule has 7 heteroatoms. The van der Waals surface area contributed by atoms with Crippen LogP contribution in [0.5, 0.6) is 5.75 Å². The Balaban J connectivity index is 1.37. The van der Waals surface area contributed by atoms with Gasteiger partial charge in [-0.3, -0.25) is 9.78 Å². The van der Waals surface area contributed by atoms with E-state index in [0.29, 0.717) is 17.3 Å². The number of aromatic nitrogens is 2. The third-order valence-electron chi connectivity index (χ3n) is 3.91. The highest BCUT2D eigenvalue weighted by molar-refractivity contribution is 7.09. The van der Waals surface area contributed by atoms with Gasteiger partial charge >= 0.3 is 0 Å². The SMILES string of the molecule is Cc1cc(Cl)ccc1OCC(=O)NCCCc1nc(-c2ccncc2)cs1. The van der Waals surface area contributed by atoms with E-state index >= 15 is 0 Å². The van der Waals surface area contributed by atoms with Crippen molar-refractivity contribution in [2.75, 3.05) is 13.2 Å². The summed E-state index contributed by atoms with van der Waals surface area (Å²) in [5, 5.41) is 6.63. The smallest absolute Gasteiger partial charge is 0.257 e. The van der Waals surface area contributed by atoms with Crippen LogP contribution in [0.15, 0.2) is 48.1 Å². The molecule has 1 amide bonds. The summed E-state index contributed by atoms with van der Waals surface area (Å²) >= 11 is 7.54. The fourth-order valence-electron chi connectivity index (χ4n) is 2.52. The summed E-state index contributed by atoms with van der Waals surface area (Å²) in [4.78, 5) is 20.6. The average molecular weight is 402 g/mol. The largest absolute Gasteiger partial charge is 0.484 e. The van der Waals surface area contributed by atoms with Crippen molar-refractivity contribution < 1.29 is 9.53 Å². The first-order valence-corrected chi connectivity index (χ1v) is 9.88. The lowest BCUT2D eigenvalue weighted by Crippen LogP contribution is -2.30. The number of rotatable bonds is 8. The second kappa shape index (κ2) is 9.48. The molecule has 3 aromatic rings. The van der Waals surface area contributed by atoms with Crippen LogP contribution in [0.4, 0.5) is 0 Å². The number of pyridine rings is 1. The number of thiazole rings is 1. The zero-order valence-corrected chi connectivity index (χ0v) is 16.5. The van der Waals surface area contributed by atoms with Crippen LogP contribution in [-0.2, 0) is 11.2 Å². The summed E-state index contributed by atoms with van der Waals surface area (Å²) in [7, 11) is 0. The van der Waals surface area contributed by atoms with Crippen molar-refractivity contribution in [2.45, 2.75) is 19.8 Å². The van der Waals surface area contributed by atoms with Gasteiger partial charge in [0.1, 0.15) is 5.75 Å². The molecule has 0 aliphatic rings. The predicted molar refractivity (Wildman–Crippen MR) is 108 cm³/mol. The summed E-state index contributed by atoms with van der Waals surface area (Å²) in [6.07, 6.45) is 5.18. The standard InChI is InChI=1S/C20H20ClN3O2S/c1-14-11-16(21)4-5-18(14)26-12-19(25)23-8-2-3-20-24-17(13-27-20)15-6-9-22-10-7-15/h4-7,9-11,13H,2-3,8,12H2,1H3,(H,23,25). The molecule has 0 atom stereocenters. The Morgan fingerprint density at radius 2 is 2.07 bits per heavy atom. The highest BCUT2D eigenvalue weighted by atomic mass is 35.5. The summed E-state index contributed by atoms with van der Waals surface area (Å²) < 4.78 is 5.54. The van der Waals surface area contributed by atoms with E-state index in [1.807, 2.05) is 30.5 Å². The van der Waals surface area contributed by atoms with Crippen molar-refractivity contribution in [3.8, 4) is 17.0 Å². The molecule has 0 saturated heterocycles. The summed E-state index contributed by atoms with van der Waals surface area (Å²) in [5.41, 5.74) is 2.94. The maximum Gasteiger partial charge on any atom is 0.257 e. The molecule has 5 nitrogen and oxygen atoms in total. The molecule has 27 heavy (non-hydrogen) atoms. The number of carbonyl (C=O) groups is 1. The topological polar surface area (TPSA) is 64.1 Å². The Kier molecular flexibility index (Phi) is 6.79. The first-order chi connectivity index (χ1) is 13.1. The summed E-state index contributed by atoms with van der Waals surface area (Å²) in [6, 6.07) is 9.22. The van der Waals surface area contributed by atoms with Gasteiger partial charge in [-0.25, -0.2) is 4.98 Å². The zero-order chi connectivity index (χ0) is 19.1. The molecule has 0 aliphatic heterocycles. The van der Waals surface area contributed by atoms with Gasteiger partial charge < -0.3 is 10.1 Å². The van der Waals surface area contributed by atoms with Crippen LogP contribution in [0.1, 0.15) is 17.0 Å². The van der Waals surface area contributed by atoms with Crippen LogP contribution in [0, 0.1) is 6.92 Å². The minimum absolute atomic E-state index is 0.00802. The van der Waals surface area contributed by atoms with Gasteiger partial charge in [0.2, 0.25) is 0 Å². The first-order valence-electron chi connectivity index (χ1n) is 8.62. The summed E-state index contributed by atoms with van der Waals surface area (Å²) in [5.74, 6) is 0.530. The Morgan fingerprint density at radius 1 is 1.26 bits per heavy atom. The molecule has 0 bridgehead atoms. The van der Waals surface area contributed by atoms with Gasteiger partial charge in [0.15, 0.2) is 6.61 Å². The fraction of sp³-hybridized carbons (Fsp3) is 0.250. The van der Waals surface area contributed by atoms with Crippen LogP contribution in [-0.4, -0.2) is 29.0 Å². The highest BCUT2D eigenvalue weighted by Crippen LogP contribution is 2.22. The normalized spacial score (nSPS) is 10.6. The zero-order valence-electron chi connectivity index (χ0n) is 14.9. The monoisotopic (exact) mass is 401 g/mol. The molecule has 0 unspecified atom stereocenters. The molecule has 3 rings (SSSR count). The third-order valence-corrected chi connectivity index (χ3v) is 5.06. The molecular formula is C20H20ClN3O2S. The van der Waals surface area contributed by atoms with Crippen LogP contribution < -0.4 is 10.1 Å². The second-order valence-electron chi connectivity index (χ2n) is 6.01. The summed E-state index contributed by atoms with van der Waals surface area (Å²) in [6.45, 7) is 2.48. The van der Waals surface area contributed by atoms with E-state index in [4.69, 9.17) is 16.3 Å². The Morgan fingerprint density at radius 3 is 2.85 bits per heavy atom. The van der Waals surface area contributed by atoms with Gasteiger partial charge in [0.05, 0.1) is 10.7 Å². The molecule has 140 valence electrons. The molecule has 0 fully saturated rings. The van der Waals surface area contributed by atoms with Crippen LogP contribution in [0.3, 0.4) is 0 Å². The van der Waals surface area contributed by atoms with Gasteiger partial charge in [0, 0.05) is 41.3 Å². The molecule has 1 aromatic carbocycles. The number of nitrogens with zero attached hydrogens (tertiary/aromatic N) is 2. The highest BCUT2D eigenvalue weighted by Gasteiger charge is 2.07. The van der Waals surface area contributed by atoms with Crippen LogP contribution in [0.2, 0.25) is 5.02 Å². The van der Waals surface area contributed by atoms with Crippen LogP contribution in [0.25, 0.3) is 11.3 Å². The average Bonchev–Trinajstić information content (AvgIpc) is 3.14. The molecule has 0 saturated carbocycles. The molecule has 2 heterocycles. The molecule has 0 radical (unpaired) electrons. The van der Waals surface area contributed by atoms with E-state index in [2.05, 4.69) is 15.3 Å². The molecule has 2 aromatic heterocycles. The minimum Gasteiger partial charge on any atom is -0.484 e. The van der Waals surface area contributed by atoms with Gasteiger partial charge in [-0.15, -0.1) is 11.3 Å². The Hall–Kier alpha value is -2.44. The van der Waals surface area contributed by atoms with Gasteiger partial charge in [-0.1, -0.05) is 11.6 Å². The molecular weight excluding hydrogens is 382 g/mol. The van der Waals surface area contributed by atoms with Crippen molar-refractivity contribution in [1.29, 1.82) is 0 Å². The lowest BCUT2D eigenvalue weighted by atomic mass is 10.2. The lowest BCUT2D eigenvalue weighted by Gasteiger charge is -2.09. The molecule has 1 N–H and O–H groups in total. The second-order valence-corrected chi connectivity index (χ2v) is 7.39. The van der Waals surface area contributed by atoms with E-state index in [1.54, 1.807) is 35.9 Å².